The van der Waals surface area contributed by atoms with Crippen molar-refractivity contribution in [2.45, 2.75) is 255 Å². The number of unbranched alkanes of at least 4 members (excludes halogenated alkanes) is 21. The van der Waals surface area contributed by atoms with Gasteiger partial charge in [0.25, 0.3) is 0 Å². The quantitative estimate of drug-likeness (QED) is 0.0144. The standard InChI is InChI=1S/C51H90O15/c1-3-5-7-9-11-13-15-17-19-21-23-25-27-29-31-33-42(53)61-36-39(64-43(54)34-32-30-28-26-24-22-20-18-16-14-12-10-8-6-4-2)37-62-50-49(60)47(58)45(56)41(66-50)38-63-51-48(59)46(57)44(55)40(35-52)65-51/h15,18-20,39-41,44-52,55-60H,3-14,16,21-38H2,1-2H3/b20-18+/t17?,39-,40-,41-,44+,45+,46?,47?,48?,49?,50-,51-/m1/s1. The molecule has 2 aliphatic heterocycles. The van der Waals surface area contributed by atoms with Crippen LogP contribution in [0.1, 0.15) is 187 Å². The van der Waals surface area contributed by atoms with Crippen molar-refractivity contribution >= 4 is 11.9 Å². The molecule has 384 valence electrons. The lowest BCUT2D eigenvalue weighted by molar-refractivity contribution is -0.332. The van der Waals surface area contributed by atoms with Gasteiger partial charge in [-0.1, -0.05) is 122 Å². The predicted molar refractivity (Wildman–Crippen MR) is 251 cm³/mol. The second-order valence-corrected chi connectivity index (χ2v) is 18.1. The summed E-state index contributed by atoms with van der Waals surface area (Å²) in [6.45, 7) is 2.54. The third kappa shape index (κ3) is 26.5. The number of carbonyl (C=O) groups excluding carboxylic acids is 2. The Labute approximate surface area is 395 Å². The van der Waals surface area contributed by atoms with Gasteiger partial charge in [0.2, 0.25) is 0 Å². The highest BCUT2D eigenvalue weighted by Crippen LogP contribution is 2.26. The van der Waals surface area contributed by atoms with E-state index in [1.807, 2.05) is 0 Å². The Hall–Kier alpha value is -2.24. The average Bonchev–Trinajstić information content (AvgIpc) is 3.31. The fourth-order valence-corrected chi connectivity index (χ4v) is 7.89. The number of hydrogen-bond donors (Lipinski definition) is 7. The molecule has 0 spiro atoms. The second-order valence-electron chi connectivity index (χ2n) is 18.1. The molecule has 2 heterocycles. The highest BCUT2D eigenvalue weighted by Gasteiger charge is 2.47. The Kier molecular flexibility index (Phi) is 35.0. The maximum absolute atomic E-state index is 13.0. The Morgan fingerprint density at radius 1 is 0.515 bits per heavy atom. The van der Waals surface area contributed by atoms with Gasteiger partial charge in [-0.2, -0.15) is 0 Å². The molecule has 0 saturated carbocycles. The number of allylic oxidation sites excluding steroid dienone is 3. The summed E-state index contributed by atoms with van der Waals surface area (Å²) in [6.07, 6.45) is 19.8. The van der Waals surface area contributed by atoms with E-state index in [0.717, 1.165) is 77.0 Å². The molecule has 15 nitrogen and oxygen atoms in total. The molecule has 0 aromatic rings. The molecule has 0 aliphatic carbocycles. The van der Waals surface area contributed by atoms with Gasteiger partial charge >= 0.3 is 11.9 Å². The van der Waals surface area contributed by atoms with Crippen molar-refractivity contribution in [1.82, 2.24) is 0 Å². The maximum atomic E-state index is 13.0. The third-order valence-electron chi connectivity index (χ3n) is 12.2. The van der Waals surface area contributed by atoms with E-state index in [-0.39, 0.29) is 19.4 Å². The normalized spacial score (nSPS) is 26.0. The minimum absolute atomic E-state index is 0.151. The molecule has 0 amide bonds. The molecule has 66 heavy (non-hydrogen) atoms. The number of ether oxygens (including phenoxy) is 6. The van der Waals surface area contributed by atoms with Crippen molar-refractivity contribution < 1.29 is 73.8 Å². The summed E-state index contributed by atoms with van der Waals surface area (Å²) in [5, 5.41) is 72.0. The topological polar surface area (TPSA) is 231 Å². The molecule has 2 saturated heterocycles. The van der Waals surface area contributed by atoms with E-state index in [2.05, 4.69) is 43.9 Å². The first-order valence-electron chi connectivity index (χ1n) is 25.7. The first kappa shape index (κ1) is 59.9. The zero-order valence-corrected chi connectivity index (χ0v) is 40.5. The second kappa shape index (κ2) is 38.6. The summed E-state index contributed by atoms with van der Waals surface area (Å²) in [5.41, 5.74) is 3.29. The van der Waals surface area contributed by atoms with Crippen molar-refractivity contribution in [2.75, 3.05) is 26.4 Å². The van der Waals surface area contributed by atoms with Crippen LogP contribution >= 0.6 is 0 Å². The van der Waals surface area contributed by atoms with Crippen LogP contribution in [-0.4, -0.2) is 142 Å². The summed E-state index contributed by atoms with van der Waals surface area (Å²) in [4.78, 5) is 25.7. The van der Waals surface area contributed by atoms with Crippen LogP contribution in [0.15, 0.2) is 30.0 Å². The van der Waals surface area contributed by atoms with E-state index >= 15 is 0 Å². The molecule has 0 bridgehead atoms. The van der Waals surface area contributed by atoms with Crippen LogP contribution < -0.4 is 0 Å². The molecular weight excluding hydrogens is 853 g/mol. The maximum Gasteiger partial charge on any atom is 0.306 e. The Morgan fingerprint density at radius 3 is 1.48 bits per heavy atom. The molecule has 2 fully saturated rings. The number of hydrogen-bond acceptors (Lipinski definition) is 15. The molecule has 7 N–H and O–H groups in total. The monoisotopic (exact) mass is 943 g/mol. The van der Waals surface area contributed by atoms with Crippen molar-refractivity contribution in [2.24, 2.45) is 0 Å². The molecule has 0 aromatic heterocycles. The first-order chi connectivity index (χ1) is 32.0. The number of rotatable bonds is 39. The van der Waals surface area contributed by atoms with Gasteiger partial charge in [-0.3, -0.25) is 9.59 Å². The fourth-order valence-electron chi connectivity index (χ4n) is 7.89. The zero-order chi connectivity index (χ0) is 48.2. The van der Waals surface area contributed by atoms with Crippen LogP contribution in [0.4, 0.5) is 0 Å². The van der Waals surface area contributed by atoms with Gasteiger partial charge in [0.05, 0.1) is 19.8 Å². The molecule has 11 atom stereocenters. The Balaban J connectivity index is 1.83. The highest BCUT2D eigenvalue weighted by atomic mass is 16.7. The number of carbonyl (C=O) groups is 2. The van der Waals surface area contributed by atoms with Crippen LogP contribution in [0.5, 0.6) is 0 Å². The smallest absolute Gasteiger partial charge is 0.306 e. The van der Waals surface area contributed by atoms with E-state index < -0.39 is 99.3 Å². The fraction of sp³-hybridized carbons (Fsp3) is 0.863. The summed E-state index contributed by atoms with van der Waals surface area (Å²) in [6, 6.07) is 0. The van der Waals surface area contributed by atoms with Gasteiger partial charge in [-0.25, -0.2) is 0 Å². The number of esters is 2. The molecule has 2 rings (SSSR count). The molecule has 0 aromatic carbocycles. The van der Waals surface area contributed by atoms with E-state index in [1.54, 1.807) is 0 Å². The summed E-state index contributed by atoms with van der Waals surface area (Å²) in [5.74, 6) is -0.953. The Bertz CT molecular complexity index is 1310. The predicted octanol–water partition coefficient (Wildman–Crippen LogP) is 6.92. The minimum atomic E-state index is -1.77. The van der Waals surface area contributed by atoms with E-state index in [9.17, 15) is 45.3 Å². The van der Waals surface area contributed by atoms with Gasteiger partial charge in [-0.15, -0.1) is 5.73 Å². The molecule has 4 unspecified atom stereocenters. The number of aliphatic hydroxyl groups excluding tert-OH is 7. The molecule has 2 aliphatic rings. The summed E-state index contributed by atoms with van der Waals surface area (Å²) >= 11 is 0. The van der Waals surface area contributed by atoms with Gasteiger partial charge in [0.15, 0.2) is 18.7 Å². The minimum Gasteiger partial charge on any atom is -0.462 e. The van der Waals surface area contributed by atoms with E-state index in [4.69, 9.17) is 28.4 Å². The Morgan fingerprint density at radius 2 is 0.955 bits per heavy atom. The van der Waals surface area contributed by atoms with Gasteiger partial charge < -0.3 is 64.2 Å². The van der Waals surface area contributed by atoms with Crippen molar-refractivity contribution in [1.29, 1.82) is 0 Å². The van der Waals surface area contributed by atoms with Crippen LogP contribution in [0.25, 0.3) is 0 Å². The van der Waals surface area contributed by atoms with Crippen LogP contribution in [-0.2, 0) is 38.0 Å². The lowest BCUT2D eigenvalue weighted by atomic mass is 9.98. The van der Waals surface area contributed by atoms with Crippen LogP contribution in [0, 0.1) is 0 Å². The zero-order valence-electron chi connectivity index (χ0n) is 40.5. The van der Waals surface area contributed by atoms with Crippen molar-refractivity contribution in [3.05, 3.63) is 30.0 Å². The van der Waals surface area contributed by atoms with Gasteiger partial charge in [0, 0.05) is 12.8 Å². The van der Waals surface area contributed by atoms with E-state index in [1.165, 1.54) is 70.6 Å². The third-order valence-corrected chi connectivity index (χ3v) is 12.2. The van der Waals surface area contributed by atoms with Crippen LogP contribution in [0.3, 0.4) is 0 Å². The first-order valence-corrected chi connectivity index (χ1v) is 25.7. The molecule has 15 heteroatoms. The van der Waals surface area contributed by atoms with E-state index in [0.29, 0.717) is 12.8 Å². The molecular formula is C51H90O15. The largest absolute Gasteiger partial charge is 0.462 e. The summed E-state index contributed by atoms with van der Waals surface area (Å²) in [7, 11) is 0. The molecule has 0 radical (unpaired) electrons. The van der Waals surface area contributed by atoms with Gasteiger partial charge in [-0.05, 0) is 76.4 Å². The van der Waals surface area contributed by atoms with Crippen molar-refractivity contribution in [3.8, 4) is 0 Å². The lowest BCUT2D eigenvalue weighted by Gasteiger charge is -2.42. The highest BCUT2D eigenvalue weighted by molar-refractivity contribution is 5.70. The van der Waals surface area contributed by atoms with Crippen LogP contribution in [0.2, 0.25) is 0 Å². The SMILES string of the molecule is CCCCCCCC=C=CCCCCCCCC(=O)OC[C@H](CO[C@@H]1O[C@H](CO[C@@H]2O[C@H](CO)[C@H](O)C(O)C2O)[C@H](O)C(O)C1O)OC(=O)CCCCCCC/C=C/CCCCCCCC. The summed E-state index contributed by atoms with van der Waals surface area (Å²) < 4.78 is 33.5. The van der Waals surface area contributed by atoms with Gasteiger partial charge in [0.1, 0.15) is 55.4 Å². The number of aliphatic hydroxyl groups is 7. The van der Waals surface area contributed by atoms with Crippen molar-refractivity contribution in [3.63, 3.8) is 0 Å². The lowest BCUT2D eigenvalue weighted by Crippen LogP contribution is -2.61. The average molecular weight is 943 g/mol.